The molecule has 124 valence electrons. The van der Waals surface area contributed by atoms with Crippen LogP contribution in [0.15, 0.2) is 30.9 Å². The monoisotopic (exact) mass is 324 g/mol. The summed E-state index contributed by atoms with van der Waals surface area (Å²) in [4.78, 5) is 11.0. The quantitative estimate of drug-likeness (QED) is 0.595. The molecule has 0 aliphatic rings. The van der Waals surface area contributed by atoms with Crippen molar-refractivity contribution >= 4 is 20.9 Å². The van der Waals surface area contributed by atoms with Crippen molar-refractivity contribution in [3.05, 3.63) is 30.9 Å². The number of ether oxygens (including phenoxy) is 2. The highest BCUT2D eigenvalue weighted by atomic mass is 28.2. The van der Waals surface area contributed by atoms with Gasteiger partial charge < -0.3 is 13.9 Å². The summed E-state index contributed by atoms with van der Waals surface area (Å²) in [5, 5.41) is 0.886. The molecule has 0 aromatic heterocycles. The van der Waals surface area contributed by atoms with Crippen LogP contribution in [0.1, 0.15) is 27.7 Å². The van der Waals surface area contributed by atoms with Crippen LogP contribution in [0.5, 0.6) is 11.5 Å². The molecule has 0 aliphatic carbocycles. The van der Waals surface area contributed by atoms with Crippen LogP contribution in [0.4, 0.5) is 0 Å². The number of rotatable bonds is 6. The van der Waals surface area contributed by atoms with Crippen molar-refractivity contribution in [1.29, 1.82) is 0 Å². The van der Waals surface area contributed by atoms with Gasteiger partial charge in [0.25, 0.3) is 9.76 Å². The molecule has 1 aromatic rings. The molecule has 0 bridgehead atoms. The third kappa shape index (κ3) is 7.88. The standard InChI is InChI=1S/C11H14O4Si.C6H14/c1-4-11(12)15-16-10-7-8(13-2)5-6-9(10)14-3;1-5(2)6(3)4/h4-7H,1,16H2,2-3H3;5-6H,1-4H3. The molecule has 0 aliphatic heterocycles. The van der Waals surface area contributed by atoms with Gasteiger partial charge in [0.05, 0.1) is 14.2 Å². The number of hydrogen-bond acceptors (Lipinski definition) is 4. The Morgan fingerprint density at radius 2 is 1.73 bits per heavy atom. The third-order valence-corrected chi connectivity index (χ3v) is 4.65. The van der Waals surface area contributed by atoms with E-state index in [0.29, 0.717) is 5.75 Å². The summed E-state index contributed by atoms with van der Waals surface area (Å²) in [5.74, 6) is 2.73. The van der Waals surface area contributed by atoms with Crippen molar-refractivity contribution in [2.24, 2.45) is 11.8 Å². The number of benzene rings is 1. The highest BCUT2D eigenvalue weighted by molar-refractivity contribution is 6.50. The number of methoxy groups -OCH3 is 2. The van der Waals surface area contributed by atoms with Crippen LogP contribution < -0.4 is 14.7 Å². The maximum atomic E-state index is 11.0. The Morgan fingerprint density at radius 3 is 2.14 bits per heavy atom. The number of hydrogen-bond donors (Lipinski definition) is 0. The molecule has 0 saturated carbocycles. The van der Waals surface area contributed by atoms with E-state index in [-0.39, 0.29) is 0 Å². The summed E-state index contributed by atoms with van der Waals surface area (Å²) in [6.07, 6.45) is 1.15. The van der Waals surface area contributed by atoms with Gasteiger partial charge in [-0.15, -0.1) is 0 Å². The number of carbonyl (C=O) groups is 1. The van der Waals surface area contributed by atoms with Gasteiger partial charge in [0.15, 0.2) is 0 Å². The van der Waals surface area contributed by atoms with Gasteiger partial charge in [-0.25, -0.2) is 4.79 Å². The lowest BCUT2D eigenvalue weighted by Crippen LogP contribution is -2.22. The molecule has 0 unspecified atom stereocenters. The van der Waals surface area contributed by atoms with Crippen LogP contribution in [-0.4, -0.2) is 30.0 Å². The fourth-order valence-corrected chi connectivity index (χ4v) is 2.31. The van der Waals surface area contributed by atoms with E-state index in [2.05, 4.69) is 34.3 Å². The van der Waals surface area contributed by atoms with E-state index < -0.39 is 15.7 Å². The van der Waals surface area contributed by atoms with E-state index in [1.807, 2.05) is 6.07 Å². The van der Waals surface area contributed by atoms with Gasteiger partial charge in [0.2, 0.25) is 0 Å². The van der Waals surface area contributed by atoms with Crippen LogP contribution in [0, 0.1) is 11.8 Å². The molecule has 0 amide bonds. The van der Waals surface area contributed by atoms with Gasteiger partial charge in [-0.05, 0) is 30.0 Å². The predicted molar refractivity (Wildman–Crippen MR) is 93.7 cm³/mol. The molecule has 0 radical (unpaired) electrons. The second kappa shape index (κ2) is 10.9. The van der Waals surface area contributed by atoms with Crippen molar-refractivity contribution in [2.75, 3.05) is 14.2 Å². The minimum atomic E-state index is -1.17. The molecule has 0 fully saturated rings. The first-order valence-electron chi connectivity index (χ1n) is 7.35. The second-order valence-electron chi connectivity index (χ2n) is 5.48. The van der Waals surface area contributed by atoms with Gasteiger partial charge in [0.1, 0.15) is 11.5 Å². The minimum absolute atomic E-state index is 0.406. The Balaban J connectivity index is 0.000000626. The maximum Gasteiger partial charge on any atom is 0.316 e. The van der Waals surface area contributed by atoms with Crippen LogP contribution in [0.2, 0.25) is 0 Å². The van der Waals surface area contributed by atoms with Gasteiger partial charge in [0, 0.05) is 11.3 Å². The molecule has 1 aromatic carbocycles. The maximum absolute atomic E-state index is 11.0. The summed E-state index contributed by atoms with van der Waals surface area (Å²) in [7, 11) is 2.00. The zero-order valence-electron chi connectivity index (χ0n) is 14.5. The summed E-state index contributed by atoms with van der Waals surface area (Å²) < 4.78 is 15.3. The van der Waals surface area contributed by atoms with Crippen LogP contribution >= 0.6 is 0 Å². The van der Waals surface area contributed by atoms with E-state index in [4.69, 9.17) is 13.9 Å². The van der Waals surface area contributed by atoms with Gasteiger partial charge in [-0.1, -0.05) is 34.3 Å². The number of carbonyl (C=O) groups excluding carboxylic acids is 1. The van der Waals surface area contributed by atoms with Crippen LogP contribution in [-0.2, 0) is 9.22 Å². The summed E-state index contributed by atoms with van der Waals surface area (Å²) in [6, 6.07) is 5.41. The Bertz CT molecular complexity index is 464. The molecular weight excluding hydrogens is 296 g/mol. The molecule has 0 saturated heterocycles. The van der Waals surface area contributed by atoms with E-state index >= 15 is 0 Å². The Labute approximate surface area is 136 Å². The normalized spacial score (nSPS) is 10.4. The smallest absolute Gasteiger partial charge is 0.316 e. The van der Waals surface area contributed by atoms with Gasteiger partial charge in [-0.3, -0.25) is 0 Å². The van der Waals surface area contributed by atoms with Crippen LogP contribution in [0.25, 0.3) is 0 Å². The lowest BCUT2D eigenvalue weighted by molar-refractivity contribution is -0.128. The lowest BCUT2D eigenvalue weighted by atomic mass is 10.0. The summed E-state index contributed by atoms with van der Waals surface area (Å²) in [6.45, 7) is 12.3. The lowest BCUT2D eigenvalue weighted by Gasteiger charge is -2.09. The predicted octanol–water partition coefficient (Wildman–Crippen LogP) is 2.44. The van der Waals surface area contributed by atoms with Gasteiger partial charge in [-0.2, -0.15) is 0 Å². The van der Waals surface area contributed by atoms with E-state index in [0.717, 1.165) is 28.8 Å². The molecule has 4 nitrogen and oxygen atoms in total. The largest absolute Gasteiger partial charge is 0.517 e. The average molecular weight is 324 g/mol. The Kier molecular flexibility index (Phi) is 10.0. The van der Waals surface area contributed by atoms with Gasteiger partial charge >= 0.3 is 5.97 Å². The van der Waals surface area contributed by atoms with Crippen molar-refractivity contribution in [3.63, 3.8) is 0 Å². The minimum Gasteiger partial charge on any atom is -0.517 e. The van der Waals surface area contributed by atoms with Crippen molar-refractivity contribution < 1.29 is 18.7 Å². The topological polar surface area (TPSA) is 44.8 Å². The zero-order chi connectivity index (χ0) is 17.1. The first kappa shape index (κ1) is 20.2. The highest BCUT2D eigenvalue weighted by Crippen LogP contribution is 2.14. The Hall–Kier alpha value is -1.75. The highest BCUT2D eigenvalue weighted by Gasteiger charge is 2.07. The fourth-order valence-electron chi connectivity index (χ4n) is 1.20. The molecule has 5 heteroatoms. The third-order valence-electron chi connectivity index (χ3n) is 3.36. The van der Waals surface area contributed by atoms with Crippen molar-refractivity contribution in [2.45, 2.75) is 27.7 Å². The summed E-state index contributed by atoms with van der Waals surface area (Å²) >= 11 is 0. The van der Waals surface area contributed by atoms with E-state index in [1.54, 1.807) is 26.4 Å². The fraction of sp³-hybridized carbons (Fsp3) is 0.471. The molecule has 22 heavy (non-hydrogen) atoms. The van der Waals surface area contributed by atoms with E-state index in [1.165, 1.54) is 0 Å². The summed E-state index contributed by atoms with van der Waals surface area (Å²) in [5.41, 5.74) is 0. The average Bonchev–Trinajstić information content (AvgIpc) is 2.52. The van der Waals surface area contributed by atoms with Crippen LogP contribution in [0.3, 0.4) is 0 Å². The first-order valence-corrected chi connectivity index (χ1v) is 8.64. The molecule has 0 N–H and O–H groups in total. The second-order valence-corrected chi connectivity index (χ2v) is 6.82. The molecule has 0 spiro atoms. The SMILES string of the molecule is C=CC(=O)O[SiH2]c1cc(OC)ccc1OC.CC(C)C(C)C. The van der Waals surface area contributed by atoms with Crippen molar-refractivity contribution in [1.82, 2.24) is 0 Å². The molecule has 0 atom stereocenters. The first-order chi connectivity index (χ1) is 10.3. The Morgan fingerprint density at radius 1 is 1.14 bits per heavy atom. The molecular formula is C17H28O4Si. The molecule has 1 rings (SSSR count). The zero-order valence-corrected chi connectivity index (χ0v) is 15.9. The van der Waals surface area contributed by atoms with E-state index in [9.17, 15) is 4.79 Å². The van der Waals surface area contributed by atoms with Crippen molar-refractivity contribution in [3.8, 4) is 11.5 Å². The molecule has 0 heterocycles.